The highest BCUT2D eigenvalue weighted by Gasteiger charge is 2.86. The summed E-state index contributed by atoms with van der Waals surface area (Å²) in [6.45, 7) is 0. The van der Waals surface area contributed by atoms with Gasteiger partial charge in [-0.05, 0) is 34.7 Å². The van der Waals surface area contributed by atoms with Crippen molar-refractivity contribution in [2.75, 3.05) is 0 Å². The van der Waals surface area contributed by atoms with Gasteiger partial charge in [0.15, 0.2) is 5.71 Å². The molecule has 2 aromatic rings. The zero-order valence-electron chi connectivity index (χ0n) is 19.1. The lowest BCUT2D eigenvalue weighted by Gasteiger charge is -2.32. The molecule has 3 rings (SSSR count). The summed E-state index contributed by atoms with van der Waals surface area (Å²) in [5.74, 6) is -28.5. The van der Waals surface area contributed by atoms with E-state index in [0.717, 1.165) is 6.07 Å². The van der Waals surface area contributed by atoms with Crippen LogP contribution in [0.3, 0.4) is 0 Å². The van der Waals surface area contributed by atoms with Gasteiger partial charge < -0.3 is 0 Å². The first-order valence-electron chi connectivity index (χ1n) is 10.3. The molecule has 1 aliphatic carbocycles. The monoisotopic (exact) mass is 641 g/mol. The van der Waals surface area contributed by atoms with E-state index >= 15 is 0 Å². The Labute approximate surface area is 218 Å². The minimum absolute atomic E-state index is 0.0305. The van der Waals surface area contributed by atoms with Gasteiger partial charge in [-0.15, -0.1) is 0 Å². The van der Waals surface area contributed by atoms with E-state index in [2.05, 4.69) is 4.28 Å². The molecule has 4 nitrogen and oxygen atoms in total. The summed E-state index contributed by atoms with van der Waals surface area (Å²) in [4.78, 5) is 0. The van der Waals surface area contributed by atoms with E-state index in [9.17, 15) is 74.3 Å². The minimum atomic E-state index is -7.96. The Morgan fingerprint density at radius 1 is 0.756 bits per heavy atom. The smallest absolute Gasteiger partial charge is 0.263 e. The average Bonchev–Trinajstić information content (AvgIpc) is 3.20. The predicted molar refractivity (Wildman–Crippen MR) is 108 cm³/mol. The minimum Gasteiger partial charge on any atom is -0.263 e. The number of benzene rings is 2. The van der Waals surface area contributed by atoms with Crippen molar-refractivity contribution in [1.29, 1.82) is 0 Å². The van der Waals surface area contributed by atoms with Crippen molar-refractivity contribution in [2.45, 2.75) is 48.0 Å². The Morgan fingerprint density at radius 2 is 1.29 bits per heavy atom. The van der Waals surface area contributed by atoms with Crippen LogP contribution in [0.2, 0.25) is 0 Å². The summed E-state index contributed by atoms with van der Waals surface area (Å²) in [5.41, 5.74) is -3.14. The fourth-order valence-corrected chi connectivity index (χ4v) is 4.24. The van der Waals surface area contributed by atoms with E-state index in [1.54, 1.807) is 5.16 Å². The summed E-state index contributed by atoms with van der Waals surface area (Å²) in [6, 6.07) is 7.88. The van der Waals surface area contributed by atoms with E-state index in [1.807, 2.05) is 0 Å². The molecule has 20 heteroatoms. The molecule has 228 valence electrons. The molecule has 41 heavy (non-hydrogen) atoms. The highest BCUT2D eigenvalue weighted by Crippen LogP contribution is 2.55. The highest BCUT2D eigenvalue weighted by molar-refractivity contribution is 7.87. The second-order valence-electron chi connectivity index (χ2n) is 8.34. The second-order valence-corrected chi connectivity index (χ2v) is 9.91. The molecule has 1 aliphatic rings. The van der Waals surface area contributed by atoms with Gasteiger partial charge in [-0.25, -0.2) is 8.78 Å². The lowest BCUT2D eigenvalue weighted by atomic mass is 9.96. The molecule has 0 atom stereocenters. The standard InChI is InChI=1S/C21H10F15NO3S/c22-15(23)17(26,27)16(24,25)14(10-5-6-13-11(8-10)7-9-3-1-2-4-12(9)13)37-40-41(38,39)21(35,36)19(30,31)18(28,29)20(32,33)34/h1-6,8,15H,7H2/b37-14-. The number of hydrogen-bond acceptors (Lipinski definition) is 4. The van der Waals surface area contributed by atoms with Crippen molar-refractivity contribution >= 4 is 15.8 Å². The molecule has 0 fully saturated rings. The van der Waals surface area contributed by atoms with Crippen molar-refractivity contribution in [3.05, 3.63) is 59.2 Å². The van der Waals surface area contributed by atoms with Gasteiger partial charge in [0, 0.05) is 5.56 Å². The van der Waals surface area contributed by atoms with Crippen molar-refractivity contribution in [2.24, 2.45) is 5.16 Å². The topological polar surface area (TPSA) is 55.7 Å². The molecular weight excluding hydrogens is 631 g/mol. The molecule has 0 heterocycles. The van der Waals surface area contributed by atoms with Crippen LogP contribution in [0.15, 0.2) is 47.6 Å². The van der Waals surface area contributed by atoms with Gasteiger partial charge >= 0.3 is 51.7 Å². The van der Waals surface area contributed by atoms with Gasteiger partial charge in [-0.1, -0.05) is 41.6 Å². The molecule has 0 saturated heterocycles. The Balaban J connectivity index is 2.16. The van der Waals surface area contributed by atoms with E-state index in [-0.39, 0.29) is 17.5 Å². The maximum absolute atomic E-state index is 14.6. The number of halogens is 15. The van der Waals surface area contributed by atoms with Crippen molar-refractivity contribution < 1.29 is 78.6 Å². The first-order valence-corrected chi connectivity index (χ1v) is 11.7. The number of hydrogen-bond donors (Lipinski definition) is 0. The fourth-order valence-electron chi connectivity index (χ4n) is 3.53. The SMILES string of the molecule is O=S(=O)(O/N=C(/c1ccc2c(c1)Cc1ccccc1-2)C(F)(F)C(F)(F)C(F)F)C(F)(F)C(F)(F)C(F)(F)C(F)(F)F. The van der Waals surface area contributed by atoms with E-state index in [4.69, 9.17) is 0 Å². The molecule has 0 aromatic heterocycles. The summed E-state index contributed by atoms with van der Waals surface area (Å²) in [6.07, 6.45) is -12.9. The first-order chi connectivity index (χ1) is 18.3. The lowest BCUT2D eigenvalue weighted by Crippen LogP contribution is -2.63. The summed E-state index contributed by atoms with van der Waals surface area (Å²) >= 11 is 0. The Kier molecular flexibility index (Phi) is 7.64. The lowest BCUT2D eigenvalue weighted by molar-refractivity contribution is -0.382. The Morgan fingerprint density at radius 3 is 1.83 bits per heavy atom. The van der Waals surface area contributed by atoms with Crippen LogP contribution in [0.25, 0.3) is 11.1 Å². The summed E-state index contributed by atoms with van der Waals surface area (Å²) < 4.78 is 226. The van der Waals surface area contributed by atoms with E-state index in [1.165, 1.54) is 24.3 Å². The molecule has 0 amide bonds. The predicted octanol–water partition coefficient (Wildman–Crippen LogP) is 7.27. The number of nitrogens with zero attached hydrogens (tertiary/aromatic N) is 1. The quantitative estimate of drug-likeness (QED) is 0.140. The fraction of sp³-hybridized carbons (Fsp3) is 0.381. The van der Waals surface area contributed by atoms with Gasteiger partial charge in [0.1, 0.15) is 0 Å². The molecular formula is C21H10F15NO3S. The highest BCUT2D eigenvalue weighted by atomic mass is 32.2. The van der Waals surface area contributed by atoms with Crippen molar-refractivity contribution in [3.63, 3.8) is 0 Å². The third kappa shape index (κ3) is 4.86. The number of oxime groups is 1. The molecule has 0 N–H and O–H groups in total. The number of alkyl halides is 15. The molecule has 0 unspecified atom stereocenters. The summed E-state index contributed by atoms with van der Waals surface area (Å²) in [5, 5.41) is -5.89. The van der Waals surface area contributed by atoms with Crippen LogP contribution in [0.1, 0.15) is 16.7 Å². The molecule has 0 aliphatic heterocycles. The van der Waals surface area contributed by atoms with Crippen LogP contribution in [0.5, 0.6) is 0 Å². The zero-order chi connectivity index (χ0) is 31.6. The Bertz CT molecular complexity index is 1470. The molecule has 0 saturated carbocycles. The molecule has 0 radical (unpaired) electrons. The van der Waals surface area contributed by atoms with Crippen molar-refractivity contribution in [3.8, 4) is 11.1 Å². The molecule has 0 bridgehead atoms. The maximum atomic E-state index is 14.6. The van der Waals surface area contributed by atoms with Crippen molar-refractivity contribution in [1.82, 2.24) is 0 Å². The van der Waals surface area contributed by atoms with Gasteiger partial charge in [0.05, 0.1) is 0 Å². The molecule has 0 spiro atoms. The normalized spacial score (nSPS) is 15.7. The van der Waals surface area contributed by atoms with Crippen LogP contribution in [0, 0.1) is 0 Å². The first kappa shape index (κ1) is 32.3. The second kappa shape index (κ2) is 9.69. The van der Waals surface area contributed by atoms with Crippen LogP contribution in [-0.2, 0) is 20.8 Å². The average molecular weight is 641 g/mol. The van der Waals surface area contributed by atoms with Gasteiger partial charge in [-0.3, -0.25) is 4.28 Å². The Hall–Kier alpha value is -3.19. The van der Waals surface area contributed by atoms with E-state index in [0.29, 0.717) is 23.3 Å². The molecule has 2 aromatic carbocycles. The van der Waals surface area contributed by atoms with Crippen LogP contribution in [-0.4, -0.2) is 55.7 Å². The van der Waals surface area contributed by atoms with Crippen LogP contribution < -0.4 is 0 Å². The van der Waals surface area contributed by atoms with Gasteiger partial charge in [0.2, 0.25) is 0 Å². The van der Waals surface area contributed by atoms with Gasteiger partial charge in [-0.2, -0.15) is 65.5 Å². The van der Waals surface area contributed by atoms with E-state index < -0.39 is 62.9 Å². The zero-order valence-corrected chi connectivity index (χ0v) is 19.9. The number of fused-ring (bicyclic) bond motifs is 3. The third-order valence-electron chi connectivity index (χ3n) is 5.71. The maximum Gasteiger partial charge on any atom is 0.460 e. The van der Waals surface area contributed by atoms with Gasteiger partial charge in [0.25, 0.3) is 0 Å². The van der Waals surface area contributed by atoms with Crippen LogP contribution >= 0.6 is 0 Å². The number of rotatable bonds is 9. The summed E-state index contributed by atoms with van der Waals surface area (Å²) in [7, 11) is -7.96. The third-order valence-corrected chi connectivity index (χ3v) is 6.87. The van der Waals surface area contributed by atoms with Crippen LogP contribution in [0.4, 0.5) is 65.9 Å². The largest absolute Gasteiger partial charge is 0.460 e.